The third kappa shape index (κ3) is 2.42. The molecule has 0 aromatic heterocycles. The fraction of sp³-hybridized carbons (Fsp3) is 0.429. The SMILES string of the molecule is CC[N+]1(Cc2ccc(F)c(F)c2F)C(=O)CC[C@H]1C(N)=O. The first kappa shape index (κ1) is 15.5. The van der Waals surface area contributed by atoms with E-state index in [1.54, 1.807) is 6.92 Å². The van der Waals surface area contributed by atoms with Crippen molar-refractivity contribution in [3.8, 4) is 0 Å². The van der Waals surface area contributed by atoms with Crippen molar-refractivity contribution in [3.63, 3.8) is 0 Å². The number of amides is 2. The van der Waals surface area contributed by atoms with E-state index in [0.29, 0.717) is 0 Å². The zero-order valence-corrected chi connectivity index (χ0v) is 11.5. The summed E-state index contributed by atoms with van der Waals surface area (Å²) in [6, 6.07) is 1.13. The minimum Gasteiger partial charge on any atom is -0.364 e. The minimum absolute atomic E-state index is 0.141. The summed E-state index contributed by atoms with van der Waals surface area (Å²) in [5, 5.41) is 0. The maximum absolute atomic E-state index is 13.8. The van der Waals surface area contributed by atoms with Gasteiger partial charge in [-0.15, -0.1) is 0 Å². The fourth-order valence-corrected chi connectivity index (χ4v) is 2.99. The van der Waals surface area contributed by atoms with Crippen LogP contribution in [0.2, 0.25) is 0 Å². The zero-order chi connectivity index (χ0) is 15.8. The molecule has 1 aliphatic heterocycles. The van der Waals surface area contributed by atoms with Crippen LogP contribution < -0.4 is 5.73 Å². The molecule has 1 aromatic rings. The highest BCUT2D eigenvalue weighted by molar-refractivity contribution is 5.84. The van der Waals surface area contributed by atoms with Crippen LogP contribution in [0.4, 0.5) is 13.2 Å². The molecule has 0 saturated carbocycles. The summed E-state index contributed by atoms with van der Waals surface area (Å²) in [6.45, 7) is 1.69. The lowest BCUT2D eigenvalue weighted by Gasteiger charge is -2.35. The van der Waals surface area contributed by atoms with E-state index < -0.39 is 29.4 Å². The number of quaternary nitrogens is 1. The molecule has 1 fully saturated rings. The third-order valence-electron chi connectivity index (χ3n) is 4.19. The molecule has 1 unspecified atom stereocenters. The van der Waals surface area contributed by atoms with Crippen LogP contribution >= 0.6 is 0 Å². The highest BCUT2D eigenvalue weighted by Crippen LogP contribution is 2.32. The normalized spacial score (nSPS) is 25.3. The van der Waals surface area contributed by atoms with E-state index in [2.05, 4.69) is 0 Å². The summed E-state index contributed by atoms with van der Waals surface area (Å²) in [5.74, 6) is -5.09. The van der Waals surface area contributed by atoms with Gasteiger partial charge in [-0.2, -0.15) is 0 Å². The average molecular weight is 301 g/mol. The van der Waals surface area contributed by atoms with Crippen molar-refractivity contribution in [3.05, 3.63) is 35.1 Å². The second-order valence-electron chi connectivity index (χ2n) is 5.19. The molecule has 4 nitrogen and oxygen atoms in total. The van der Waals surface area contributed by atoms with Crippen molar-refractivity contribution in [1.82, 2.24) is 0 Å². The Morgan fingerprint density at radius 2 is 2.00 bits per heavy atom. The van der Waals surface area contributed by atoms with Gasteiger partial charge in [-0.05, 0) is 19.1 Å². The second-order valence-corrected chi connectivity index (χ2v) is 5.19. The molecule has 21 heavy (non-hydrogen) atoms. The first-order valence-corrected chi connectivity index (χ1v) is 6.65. The van der Waals surface area contributed by atoms with Crippen molar-refractivity contribution in [2.75, 3.05) is 6.54 Å². The smallest absolute Gasteiger partial charge is 0.314 e. The van der Waals surface area contributed by atoms with Crippen molar-refractivity contribution in [2.45, 2.75) is 32.4 Å². The van der Waals surface area contributed by atoms with Gasteiger partial charge in [-0.3, -0.25) is 4.79 Å². The monoisotopic (exact) mass is 301 g/mol. The van der Waals surface area contributed by atoms with Gasteiger partial charge in [-0.25, -0.2) is 22.4 Å². The summed E-state index contributed by atoms with van der Waals surface area (Å²) in [7, 11) is 0. The topological polar surface area (TPSA) is 60.2 Å². The van der Waals surface area contributed by atoms with E-state index in [-0.39, 0.29) is 41.9 Å². The largest absolute Gasteiger partial charge is 0.364 e. The van der Waals surface area contributed by atoms with Crippen molar-refractivity contribution in [1.29, 1.82) is 0 Å². The standard InChI is InChI=1S/C14H15F3N2O2/c1-2-19(10(14(18)21)5-6-11(19)20)7-8-3-4-9(15)13(17)12(8)16/h3-4,10H,2,5-7H2,1H3,(H-,18,21)/p+1/t10-,19?/m0/s1. The third-order valence-corrected chi connectivity index (χ3v) is 4.19. The van der Waals surface area contributed by atoms with E-state index in [0.717, 1.165) is 12.1 Å². The summed E-state index contributed by atoms with van der Waals surface area (Å²) in [5.41, 5.74) is 5.18. The van der Waals surface area contributed by atoms with Crippen LogP contribution in [0.15, 0.2) is 12.1 Å². The van der Waals surface area contributed by atoms with Gasteiger partial charge in [0.2, 0.25) is 0 Å². The number of likely N-dealkylation sites (N-methyl/N-ethyl adjacent to an activating group) is 1. The maximum Gasteiger partial charge on any atom is 0.314 e. The molecule has 0 radical (unpaired) electrons. The summed E-state index contributed by atoms with van der Waals surface area (Å²) < 4.78 is 39.8. The lowest BCUT2D eigenvalue weighted by molar-refractivity contribution is -0.873. The van der Waals surface area contributed by atoms with Gasteiger partial charge in [0.1, 0.15) is 6.54 Å². The number of likely N-dealkylation sites (tertiary alicyclic amines) is 1. The predicted octanol–water partition coefficient (Wildman–Crippen LogP) is 1.61. The highest BCUT2D eigenvalue weighted by Gasteiger charge is 2.51. The Labute approximate surface area is 119 Å². The molecule has 1 saturated heterocycles. The molecule has 1 aromatic carbocycles. The number of carbonyl (C=O) groups is 2. The van der Waals surface area contributed by atoms with Gasteiger partial charge in [0.05, 0.1) is 13.0 Å². The Morgan fingerprint density at radius 3 is 2.57 bits per heavy atom. The van der Waals surface area contributed by atoms with Crippen LogP contribution in [0.5, 0.6) is 0 Å². The Morgan fingerprint density at radius 1 is 1.33 bits per heavy atom. The van der Waals surface area contributed by atoms with E-state index in [1.165, 1.54) is 0 Å². The first-order valence-electron chi connectivity index (χ1n) is 6.65. The van der Waals surface area contributed by atoms with Gasteiger partial charge in [0, 0.05) is 12.0 Å². The number of nitrogens with zero attached hydrogens (tertiary/aromatic N) is 1. The molecule has 1 heterocycles. The van der Waals surface area contributed by atoms with E-state index >= 15 is 0 Å². The number of benzene rings is 1. The fourth-order valence-electron chi connectivity index (χ4n) is 2.99. The van der Waals surface area contributed by atoms with Gasteiger partial charge >= 0.3 is 5.91 Å². The molecule has 2 atom stereocenters. The lowest BCUT2D eigenvalue weighted by Crippen LogP contribution is -2.58. The molecule has 0 bridgehead atoms. The van der Waals surface area contributed by atoms with Crippen molar-refractivity contribution < 1.29 is 27.2 Å². The minimum atomic E-state index is -1.58. The summed E-state index contributed by atoms with van der Waals surface area (Å²) >= 11 is 0. The van der Waals surface area contributed by atoms with Crippen LogP contribution in [-0.4, -0.2) is 28.9 Å². The zero-order valence-electron chi connectivity index (χ0n) is 11.5. The Bertz CT molecular complexity index is 606. The Kier molecular flexibility index (Phi) is 4.04. The van der Waals surface area contributed by atoms with Gasteiger partial charge in [-0.1, -0.05) is 0 Å². The lowest BCUT2D eigenvalue weighted by atomic mass is 10.1. The number of primary amides is 1. The molecular weight excluding hydrogens is 285 g/mol. The predicted molar refractivity (Wildman–Crippen MR) is 68.0 cm³/mol. The first-order chi connectivity index (χ1) is 9.83. The van der Waals surface area contributed by atoms with Gasteiger partial charge < -0.3 is 5.73 Å². The van der Waals surface area contributed by atoms with Crippen molar-refractivity contribution >= 4 is 11.8 Å². The average Bonchev–Trinajstić information content (AvgIpc) is 2.77. The molecule has 0 spiro atoms. The quantitative estimate of drug-likeness (QED) is 0.678. The molecule has 2 N–H and O–H groups in total. The highest BCUT2D eigenvalue weighted by atomic mass is 19.2. The summed E-state index contributed by atoms with van der Waals surface area (Å²) in [6.07, 6.45) is 0.444. The number of rotatable bonds is 4. The number of nitrogens with two attached hydrogens (primary N) is 1. The van der Waals surface area contributed by atoms with Crippen LogP contribution in [-0.2, 0) is 16.1 Å². The van der Waals surface area contributed by atoms with E-state index in [1.807, 2.05) is 0 Å². The number of hydrogen-bond acceptors (Lipinski definition) is 2. The molecular formula is C14H16F3N2O2+. The molecule has 1 aliphatic rings. The van der Waals surface area contributed by atoms with Crippen LogP contribution in [0.3, 0.4) is 0 Å². The van der Waals surface area contributed by atoms with Gasteiger partial charge in [0.15, 0.2) is 23.5 Å². The van der Waals surface area contributed by atoms with E-state index in [4.69, 9.17) is 5.73 Å². The number of hydrogen-bond donors (Lipinski definition) is 1. The van der Waals surface area contributed by atoms with Crippen molar-refractivity contribution in [2.24, 2.45) is 5.73 Å². The summed E-state index contributed by atoms with van der Waals surface area (Å²) in [4.78, 5) is 23.7. The van der Waals surface area contributed by atoms with E-state index in [9.17, 15) is 22.8 Å². The van der Waals surface area contributed by atoms with Crippen LogP contribution in [0.25, 0.3) is 0 Å². The molecule has 0 aliphatic carbocycles. The Hall–Kier alpha value is -1.89. The molecule has 2 rings (SSSR count). The second kappa shape index (κ2) is 5.48. The van der Waals surface area contributed by atoms with Crippen LogP contribution in [0, 0.1) is 17.5 Å². The van der Waals surface area contributed by atoms with Crippen LogP contribution in [0.1, 0.15) is 25.3 Å². The number of halogens is 3. The van der Waals surface area contributed by atoms with Gasteiger partial charge in [0.25, 0.3) is 5.91 Å². The molecule has 7 heteroatoms. The Balaban J connectivity index is 2.45. The molecule has 2 amide bonds. The molecule has 114 valence electrons. The number of carbonyl (C=O) groups excluding carboxylic acids is 2. The maximum atomic E-state index is 13.8.